The number of hydrogen-bond donors (Lipinski definition) is 2. The molecule has 0 radical (unpaired) electrons. The van der Waals surface area contributed by atoms with Crippen LogP contribution in [0.5, 0.6) is 0 Å². The summed E-state index contributed by atoms with van der Waals surface area (Å²) in [5, 5.41) is 2.46. The van der Waals surface area contributed by atoms with Gasteiger partial charge in [0.1, 0.15) is 12.6 Å². The minimum Gasteiger partial charge on any atom is -0.457 e. The number of carbonyl (C=O) groups is 2. The first-order chi connectivity index (χ1) is 10.1. The van der Waals surface area contributed by atoms with Crippen LogP contribution in [0, 0.1) is 0 Å². The van der Waals surface area contributed by atoms with Crippen molar-refractivity contribution in [2.45, 2.75) is 32.0 Å². The molecule has 0 saturated heterocycles. The first-order valence-electron chi connectivity index (χ1n) is 6.51. The molecule has 0 heterocycles. The van der Waals surface area contributed by atoms with Crippen LogP contribution in [0.3, 0.4) is 0 Å². The van der Waals surface area contributed by atoms with E-state index in [1.165, 1.54) is 0 Å². The van der Waals surface area contributed by atoms with Gasteiger partial charge in [0.25, 0.3) is 0 Å². The smallest absolute Gasteiger partial charge is 0.457 e. The molecule has 0 spiro atoms. The second-order valence-electron chi connectivity index (χ2n) is 4.97. The molecule has 0 aliphatic carbocycles. The summed E-state index contributed by atoms with van der Waals surface area (Å²) >= 11 is 0. The number of nitrogens with one attached hydrogen (secondary N) is 1. The lowest BCUT2D eigenvalue weighted by Gasteiger charge is -2.14. The Hall–Kier alpha value is -2.09. The second kappa shape index (κ2) is 7.26. The molecule has 5 nitrogen and oxygen atoms in total. The van der Waals surface area contributed by atoms with Gasteiger partial charge in [-0.25, -0.2) is 4.79 Å². The van der Waals surface area contributed by atoms with Gasteiger partial charge in [0.15, 0.2) is 0 Å². The maximum absolute atomic E-state index is 12.0. The average molecular weight is 318 g/mol. The maximum Gasteiger partial charge on any atom is 0.490 e. The van der Waals surface area contributed by atoms with E-state index in [1.807, 2.05) is 19.9 Å². The Kier molecular flexibility index (Phi) is 5.92. The van der Waals surface area contributed by atoms with Gasteiger partial charge in [0.05, 0.1) is 0 Å². The van der Waals surface area contributed by atoms with Crippen LogP contribution < -0.4 is 11.1 Å². The molecule has 1 atom stereocenters. The van der Waals surface area contributed by atoms with Crippen molar-refractivity contribution >= 4 is 17.6 Å². The van der Waals surface area contributed by atoms with Gasteiger partial charge in [-0.2, -0.15) is 13.2 Å². The summed E-state index contributed by atoms with van der Waals surface area (Å²) in [4.78, 5) is 22.3. The van der Waals surface area contributed by atoms with Gasteiger partial charge >= 0.3 is 12.1 Å². The topological polar surface area (TPSA) is 81.4 Å². The lowest BCUT2D eigenvalue weighted by Crippen LogP contribution is -2.41. The third-order valence-corrected chi connectivity index (χ3v) is 2.78. The predicted molar refractivity (Wildman–Crippen MR) is 74.2 cm³/mol. The highest BCUT2D eigenvalue weighted by molar-refractivity contribution is 5.95. The number of anilines is 1. The number of nitrogens with two attached hydrogens (primary N) is 1. The first-order valence-corrected chi connectivity index (χ1v) is 6.51. The van der Waals surface area contributed by atoms with Crippen LogP contribution >= 0.6 is 0 Å². The van der Waals surface area contributed by atoms with Crippen LogP contribution in [-0.4, -0.2) is 30.7 Å². The van der Waals surface area contributed by atoms with Gasteiger partial charge < -0.3 is 15.8 Å². The SMILES string of the molecule is CC(C)c1cccc(NC(=O)[C@H](N)COC(=O)C(F)(F)F)c1. The first kappa shape index (κ1) is 18.0. The fourth-order valence-corrected chi connectivity index (χ4v) is 1.53. The van der Waals surface area contributed by atoms with E-state index in [1.54, 1.807) is 18.2 Å². The Morgan fingerprint density at radius 2 is 1.95 bits per heavy atom. The number of ether oxygens (including phenoxy) is 1. The van der Waals surface area contributed by atoms with E-state index in [4.69, 9.17) is 5.73 Å². The Morgan fingerprint density at radius 3 is 2.50 bits per heavy atom. The predicted octanol–water partition coefficient (Wildman–Crippen LogP) is 2.18. The lowest BCUT2D eigenvalue weighted by molar-refractivity contribution is -0.200. The van der Waals surface area contributed by atoms with E-state index in [2.05, 4.69) is 10.1 Å². The molecule has 0 aliphatic heterocycles. The van der Waals surface area contributed by atoms with Crippen molar-refractivity contribution in [3.05, 3.63) is 29.8 Å². The highest BCUT2D eigenvalue weighted by atomic mass is 19.4. The summed E-state index contributed by atoms with van der Waals surface area (Å²) in [6, 6.07) is 5.58. The van der Waals surface area contributed by atoms with Gasteiger partial charge in [-0.15, -0.1) is 0 Å². The van der Waals surface area contributed by atoms with E-state index in [9.17, 15) is 22.8 Å². The van der Waals surface area contributed by atoms with Crippen LogP contribution in [0.25, 0.3) is 0 Å². The molecule has 1 amide bonds. The second-order valence-corrected chi connectivity index (χ2v) is 4.97. The van der Waals surface area contributed by atoms with Gasteiger partial charge in [-0.3, -0.25) is 4.79 Å². The van der Waals surface area contributed by atoms with Gasteiger partial charge in [0.2, 0.25) is 5.91 Å². The summed E-state index contributed by atoms with van der Waals surface area (Å²) in [7, 11) is 0. The summed E-state index contributed by atoms with van der Waals surface area (Å²) in [5.74, 6) is -2.87. The molecule has 8 heteroatoms. The molecule has 1 aromatic rings. The molecular weight excluding hydrogens is 301 g/mol. The van der Waals surface area contributed by atoms with Crippen molar-refractivity contribution in [2.75, 3.05) is 11.9 Å². The molecule has 1 rings (SSSR count). The van der Waals surface area contributed by atoms with Crippen molar-refractivity contribution in [1.82, 2.24) is 0 Å². The number of benzene rings is 1. The minimum absolute atomic E-state index is 0.248. The quantitative estimate of drug-likeness (QED) is 0.815. The largest absolute Gasteiger partial charge is 0.490 e. The van der Waals surface area contributed by atoms with Crippen LogP contribution in [0.2, 0.25) is 0 Å². The number of carbonyl (C=O) groups excluding carboxylic acids is 2. The summed E-state index contributed by atoms with van der Waals surface area (Å²) in [6.07, 6.45) is -5.11. The molecule has 3 N–H and O–H groups in total. The molecular formula is C14H17F3N2O3. The Bertz CT molecular complexity index is 544. The molecule has 0 aliphatic rings. The molecule has 1 aromatic carbocycles. The number of alkyl halides is 3. The number of rotatable bonds is 5. The van der Waals surface area contributed by atoms with Gasteiger partial charge in [0, 0.05) is 5.69 Å². The number of halogens is 3. The monoisotopic (exact) mass is 318 g/mol. The van der Waals surface area contributed by atoms with Crippen molar-refractivity contribution in [3.63, 3.8) is 0 Å². The van der Waals surface area contributed by atoms with Crippen LogP contribution in [-0.2, 0) is 14.3 Å². The van der Waals surface area contributed by atoms with Crippen molar-refractivity contribution < 1.29 is 27.5 Å². The van der Waals surface area contributed by atoms with Crippen LogP contribution in [0.1, 0.15) is 25.3 Å². The summed E-state index contributed by atoms with van der Waals surface area (Å²) in [5.41, 5.74) is 6.85. The van der Waals surface area contributed by atoms with Crippen LogP contribution in [0.15, 0.2) is 24.3 Å². The molecule has 0 fully saturated rings. The van der Waals surface area contributed by atoms with Gasteiger partial charge in [-0.1, -0.05) is 26.0 Å². The third-order valence-electron chi connectivity index (χ3n) is 2.78. The highest BCUT2D eigenvalue weighted by Gasteiger charge is 2.41. The molecule has 122 valence electrons. The van der Waals surface area contributed by atoms with Crippen molar-refractivity contribution in [2.24, 2.45) is 5.73 Å². The van der Waals surface area contributed by atoms with Crippen molar-refractivity contribution in [3.8, 4) is 0 Å². The Labute approximate surface area is 125 Å². The summed E-state index contributed by atoms with van der Waals surface area (Å²) in [6.45, 7) is 3.10. The standard InChI is InChI=1S/C14H17F3N2O3/c1-8(2)9-4-3-5-10(6-9)19-12(20)11(18)7-22-13(21)14(15,16)17/h3-6,8,11H,7,18H2,1-2H3,(H,19,20)/t11-/m1/s1. The molecule has 0 bridgehead atoms. The van der Waals surface area contributed by atoms with E-state index in [-0.39, 0.29) is 5.92 Å². The fourth-order valence-electron chi connectivity index (χ4n) is 1.53. The van der Waals surface area contributed by atoms with E-state index in [0.29, 0.717) is 5.69 Å². The van der Waals surface area contributed by atoms with E-state index < -0.39 is 30.7 Å². The zero-order chi connectivity index (χ0) is 16.9. The summed E-state index contributed by atoms with van der Waals surface area (Å²) < 4.78 is 39.8. The number of esters is 1. The Morgan fingerprint density at radius 1 is 1.32 bits per heavy atom. The molecule has 0 aromatic heterocycles. The minimum atomic E-state index is -5.11. The molecule has 0 saturated carbocycles. The zero-order valence-electron chi connectivity index (χ0n) is 12.1. The maximum atomic E-state index is 12.0. The Balaban J connectivity index is 2.58. The zero-order valence-corrected chi connectivity index (χ0v) is 12.1. The normalized spacial score (nSPS) is 12.9. The van der Waals surface area contributed by atoms with Gasteiger partial charge in [-0.05, 0) is 23.6 Å². The number of amides is 1. The molecule has 22 heavy (non-hydrogen) atoms. The number of hydrogen-bond acceptors (Lipinski definition) is 4. The average Bonchev–Trinajstić information content (AvgIpc) is 2.43. The third kappa shape index (κ3) is 5.36. The molecule has 0 unspecified atom stereocenters. The van der Waals surface area contributed by atoms with E-state index >= 15 is 0 Å². The van der Waals surface area contributed by atoms with Crippen molar-refractivity contribution in [1.29, 1.82) is 0 Å². The van der Waals surface area contributed by atoms with Crippen LogP contribution in [0.4, 0.5) is 18.9 Å². The highest BCUT2D eigenvalue weighted by Crippen LogP contribution is 2.19. The van der Waals surface area contributed by atoms with E-state index in [0.717, 1.165) is 5.56 Å². The fraction of sp³-hybridized carbons (Fsp3) is 0.429. The lowest BCUT2D eigenvalue weighted by atomic mass is 10.0.